The highest BCUT2D eigenvalue weighted by atomic mass is 32.1. The molecule has 2 aliphatic heterocycles. The first-order chi connectivity index (χ1) is 32.2. The van der Waals surface area contributed by atoms with E-state index in [0.717, 1.165) is 0 Å². The van der Waals surface area contributed by atoms with Gasteiger partial charge in [-0.2, -0.15) is 0 Å². The van der Waals surface area contributed by atoms with E-state index in [1.807, 2.05) is 22.7 Å². The van der Waals surface area contributed by atoms with Gasteiger partial charge in [-0.15, -0.1) is 22.7 Å². The second kappa shape index (κ2) is 14.9. The molecule has 0 spiro atoms. The SMILES string of the molecule is CC(C)c1ccc(N2c3cccc4c3B(c3c(sc5ccc(C(C)C)cc35)N4c3ccc(-c4ccc5c6ccccc6c6ccccc6c5c4)cc3)c3c2sc2ccc(C(C)C)cc32)cc1. The number of nitrogens with zero attached hydrogens (tertiary/aromatic N) is 2. The molecule has 5 heteroatoms. The zero-order valence-corrected chi connectivity index (χ0v) is 39.8. The average Bonchev–Trinajstić information content (AvgIpc) is 3.92. The van der Waals surface area contributed by atoms with E-state index in [9.17, 15) is 0 Å². The molecule has 0 saturated carbocycles. The van der Waals surface area contributed by atoms with Gasteiger partial charge in [-0.25, -0.2) is 0 Å². The van der Waals surface area contributed by atoms with Gasteiger partial charge in [0.2, 0.25) is 0 Å². The van der Waals surface area contributed by atoms with Crippen LogP contribution in [-0.2, 0) is 0 Å². The van der Waals surface area contributed by atoms with Crippen LogP contribution in [-0.4, -0.2) is 6.71 Å². The van der Waals surface area contributed by atoms with Crippen LogP contribution >= 0.6 is 22.7 Å². The predicted molar refractivity (Wildman–Crippen MR) is 291 cm³/mol. The third kappa shape index (κ3) is 5.85. The lowest BCUT2D eigenvalue weighted by Crippen LogP contribution is -2.60. The van der Waals surface area contributed by atoms with Gasteiger partial charge >= 0.3 is 0 Å². The summed E-state index contributed by atoms with van der Waals surface area (Å²) in [7, 11) is 0. The van der Waals surface area contributed by atoms with Crippen molar-refractivity contribution in [2.45, 2.75) is 59.3 Å². The minimum absolute atomic E-state index is 0.0683. The first-order valence-electron chi connectivity index (χ1n) is 23.6. The average molecular weight is 885 g/mol. The highest BCUT2D eigenvalue weighted by Crippen LogP contribution is 2.51. The van der Waals surface area contributed by atoms with Gasteiger partial charge in [0.25, 0.3) is 6.71 Å². The summed E-state index contributed by atoms with van der Waals surface area (Å²) in [6, 6.07) is 65.1. The van der Waals surface area contributed by atoms with Gasteiger partial charge in [0.15, 0.2) is 0 Å². The quantitative estimate of drug-likeness (QED) is 0.121. The molecule has 0 N–H and O–H groups in total. The molecule has 0 bridgehead atoms. The van der Waals surface area contributed by atoms with Crippen LogP contribution in [0.1, 0.15) is 76.0 Å². The molecule has 0 unspecified atom stereocenters. The molecule has 2 aliphatic rings. The van der Waals surface area contributed by atoms with E-state index in [-0.39, 0.29) is 6.71 Å². The van der Waals surface area contributed by atoms with Gasteiger partial charge < -0.3 is 9.80 Å². The minimum Gasteiger partial charge on any atom is -0.303 e. The van der Waals surface area contributed by atoms with Crippen LogP contribution in [0.5, 0.6) is 0 Å². The maximum absolute atomic E-state index is 2.59. The van der Waals surface area contributed by atoms with Crippen molar-refractivity contribution in [1.82, 2.24) is 0 Å². The van der Waals surface area contributed by atoms with E-state index in [1.54, 1.807) is 0 Å². The van der Waals surface area contributed by atoms with Crippen molar-refractivity contribution < 1.29 is 0 Å². The highest BCUT2D eigenvalue weighted by Gasteiger charge is 2.47. The molecule has 2 aromatic heterocycles. The Morgan fingerprint density at radius 3 is 1.26 bits per heavy atom. The molecule has 0 radical (unpaired) electrons. The van der Waals surface area contributed by atoms with Crippen molar-refractivity contribution in [3.8, 4) is 11.1 Å². The van der Waals surface area contributed by atoms with Crippen molar-refractivity contribution in [2.75, 3.05) is 9.80 Å². The first kappa shape index (κ1) is 39.7. The number of hydrogen-bond donors (Lipinski definition) is 0. The van der Waals surface area contributed by atoms with Crippen LogP contribution in [0.15, 0.2) is 170 Å². The third-order valence-electron chi connectivity index (χ3n) is 14.6. The molecule has 4 heterocycles. The van der Waals surface area contributed by atoms with Gasteiger partial charge in [-0.1, -0.05) is 157 Å². The van der Waals surface area contributed by atoms with Crippen LogP contribution < -0.4 is 26.2 Å². The van der Waals surface area contributed by atoms with Crippen LogP contribution in [0.25, 0.3) is 63.6 Å². The van der Waals surface area contributed by atoms with Crippen LogP contribution in [0, 0.1) is 0 Å². The van der Waals surface area contributed by atoms with E-state index < -0.39 is 0 Å². The topological polar surface area (TPSA) is 6.48 Å². The smallest absolute Gasteiger partial charge is 0.256 e. The van der Waals surface area contributed by atoms with Crippen molar-refractivity contribution in [3.05, 3.63) is 187 Å². The number of hydrogen-bond acceptors (Lipinski definition) is 4. The molecular formula is C61H49BN2S2. The highest BCUT2D eigenvalue weighted by molar-refractivity contribution is 7.29. The fraction of sp³-hybridized carbons (Fsp3) is 0.148. The van der Waals surface area contributed by atoms with E-state index in [1.165, 1.54) is 129 Å². The molecule has 2 nitrogen and oxygen atoms in total. The Morgan fingerprint density at radius 2 is 0.773 bits per heavy atom. The van der Waals surface area contributed by atoms with Gasteiger partial charge in [-0.3, -0.25) is 0 Å². The van der Waals surface area contributed by atoms with Crippen molar-refractivity contribution in [1.29, 1.82) is 0 Å². The molecule has 0 amide bonds. The molecule has 11 aromatic rings. The lowest BCUT2D eigenvalue weighted by Gasteiger charge is -2.42. The van der Waals surface area contributed by atoms with Gasteiger partial charge in [0.05, 0.1) is 10.0 Å². The summed E-state index contributed by atoms with van der Waals surface area (Å²) < 4.78 is 2.69. The fourth-order valence-electron chi connectivity index (χ4n) is 11.1. The summed E-state index contributed by atoms with van der Waals surface area (Å²) in [6.07, 6.45) is 0. The number of thiophene rings is 2. The van der Waals surface area contributed by atoms with E-state index in [4.69, 9.17) is 0 Å². The van der Waals surface area contributed by atoms with Crippen molar-refractivity contribution in [2.24, 2.45) is 0 Å². The predicted octanol–water partition coefficient (Wildman–Crippen LogP) is 16.7. The van der Waals surface area contributed by atoms with Crippen LogP contribution in [0.4, 0.5) is 32.8 Å². The van der Waals surface area contributed by atoms with Gasteiger partial charge in [0, 0.05) is 32.1 Å². The van der Waals surface area contributed by atoms with Crippen molar-refractivity contribution >= 4 is 131 Å². The first-order valence-corrected chi connectivity index (χ1v) is 25.2. The van der Waals surface area contributed by atoms with Gasteiger partial charge in [0.1, 0.15) is 0 Å². The van der Waals surface area contributed by atoms with E-state index in [0.29, 0.717) is 17.8 Å². The van der Waals surface area contributed by atoms with Gasteiger partial charge in [-0.05, 0) is 160 Å². The number of rotatable bonds is 6. The van der Waals surface area contributed by atoms with Crippen LogP contribution in [0.2, 0.25) is 0 Å². The molecule has 9 aromatic carbocycles. The summed E-state index contributed by atoms with van der Waals surface area (Å²) in [6.45, 7) is 13.9. The van der Waals surface area contributed by atoms with Crippen molar-refractivity contribution in [3.63, 3.8) is 0 Å². The molecular weight excluding hydrogens is 836 g/mol. The Kier molecular flexibility index (Phi) is 8.98. The zero-order valence-electron chi connectivity index (χ0n) is 38.2. The monoisotopic (exact) mass is 884 g/mol. The lowest BCUT2D eigenvalue weighted by molar-refractivity contribution is 0.866. The standard InChI is InChI=1S/C61H49BN2S2/c1-35(2)38-18-25-43(26-19-38)63-53-16-11-17-54-59(53)62(57-51-32-40(36(3)4)23-30-55(51)65-60(57)63)58-52-33-41(37(5)6)24-31-56(52)66-61(58)64(54)44-27-20-39(21-28-44)42-22-29-49-47-14-8-7-12-45(47)46-13-9-10-15-48(46)50(49)34-42/h7-37H,1-6H3. The molecule has 318 valence electrons. The zero-order chi connectivity index (χ0) is 44.5. The molecule has 0 aliphatic carbocycles. The molecule has 0 fully saturated rings. The maximum Gasteiger partial charge on any atom is 0.256 e. The Balaban J connectivity index is 1.04. The summed E-state index contributed by atoms with van der Waals surface area (Å²) in [4.78, 5) is 5.18. The molecule has 0 atom stereocenters. The molecule has 0 saturated heterocycles. The lowest BCUT2D eigenvalue weighted by atomic mass is 9.33. The number of anilines is 6. The maximum atomic E-state index is 2.59. The summed E-state index contributed by atoms with van der Waals surface area (Å²) >= 11 is 3.90. The summed E-state index contributed by atoms with van der Waals surface area (Å²) in [5, 5.41) is 13.2. The third-order valence-corrected chi connectivity index (χ3v) is 17.0. The normalized spacial score (nSPS) is 13.3. The Morgan fingerprint density at radius 1 is 0.348 bits per heavy atom. The Labute approximate surface area is 395 Å². The number of fused-ring (bicyclic) bond motifs is 14. The Hall–Kier alpha value is -6.66. The van der Waals surface area contributed by atoms with E-state index in [2.05, 4.69) is 221 Å². The molecule has 66 heavy (non-hydrogen) atoms. The second-order valence-corrected chi connectivity index (χ2v) is 21.5. The molecule has 13 rings (SSSR count). The van der Waals surface area contributed by atoms with E-state index >= 15 is 0 Å². The van der Waals surface area contributed by atoms with Crippen LogP contribution in [0.3, 0.4) is 0 Å². The Bertz CT molecular complexity index is 3730. The number of benzene rings is 9. The fourth-order valence-corrected chi connectivity index (χ4v) is 13.7. The minimum atomic E-state index is 0.0683. The summed E-state index contributed by atoms with van der Waals surface area (Å²) in [5.74, 6) is 1.32. The summed E-state index contributed by atoms with van der Waals surface area (Å²) in [5.41, 5.74) is 15.7. The largest absolute Gasteiger partial charge is 0.303 e. The second-order valence-electron chi connectivity index (χ2n) is 19.4.